The fourth-order valence-electron chi connectivity index (χ4n) is 3.88. The molecule has 0 aliphatic heterocycles. The standard InChI is InChI=1S/C22H22FN3O3S/c1-13-7-8-15(21-17-5-3-4-6-18(17)22(27)25-24-21)12-20(13)30(28,29)26-19-10-9-16(23)11-14(19)2/h7-12,26H,3-6H2,1-2H3,(H,25,27). The van der Waals surface area contributed by atoms with Crippen molar-refractivity contribution in [1.29, 1.82) is 0 Å². The average molecular weight is 428 g/mol. The van der Waals surface area contributed by atoms with Crippen molar-refractivity contribution in [2.45, 2.75) is 44.4 Å². The minimum Gasteiger partial charge on any atom is -0.279 e. The van der Waals surface area contributed by atoms with Crippen LogP contribution < -0.4 is 10.3 Å². The second-order valence-electron chi connectivity index (χ2n) is 7.61. The molecule has 2 N–H and O–H groups in total. The Morgan fingerprint density at radius 2 is 1.73 bits per heavy atom. The number of benzene rings is 2. The van der Waals surface area contributed by atoms with Gasteiger partial charge in [-0.2, -0.15) is 5.10 Å². The number of sulfonamides is 1. The van der Waals surface area contributed by atoms with Crippen LogP contribution in [0.3, 0.4) is 0 Å². The molecule has 30 heavy (non-hydrogen) atoms. The summed E-state index contributed by atoms with van der Waals surface area (Å²) in [7, 11) is -3.91. The van der Waals surface area contributed by atoms with Crippen LogP contribution in [0.25, 0.3) is 11.3 Å². The van der Waals surface area contributed by atoms with Gasteiger partial charge < -0.3 is 0 Å². The molecule has 1 aliphatic rings. The molecule has 1 aromatic heterocycles. The molecule has 1 heterocycles. The molecule has 6 nitrogen and oxygen atoms in total. The summed E-state index contributed by atoms with van der Waals surface area (Å²) < 4.78 is 42.1. The van der Waals surface area contributed by atoms with Gasteiger partial charge in [-0.05, 0) is 80.5 Å². The van der Waals surface area contributed by atoms with Crippen molar-refractivity contribution in [3.63, 3.8) is 0 Å². The molecule has 0 saturated heterocycles. The molecule has 156 valence electrons. The molecule has 2 aromatic carbocycles. The van der Waals surface area contributed by atoms with Crippen LogP contribution in [0.4, 0.5) is 10.1 Å². The summed E-state index contributed by atoms with van der Waals surface area (Å²) in [6.45, 7) is 3.35. The van der Waals surface area contributed by atoms with E-state index >= 15 is 0 Å². The zero-order chi connectivity index (χ0) is 21.5. The first-order chi connectivity index (χ1) is 14.3. The van der Waals surface area contributed by atoms with Crippen molar-refractivity contribution < 1.29 is 12.8 Å². The lowest BCUT2D eigenvalue weighted by atomic mass is 9.90. The average Bonchev–Trinajstić information content (AvgIpc) is 2.71. The molecule has 0 unspecified atom stereocenters. The van der Waals surface area contributed by atoms with Crippen LogP contribution in [0.5, 0.6) is 0 Å². The summed E-state index contributed by atoms with van der Waals surface area (Å²) in [5.41, 5.74) is 4.07. The molecule has 0 radical (unpaired) electrons. The van der Waals surface area contributed by atoms with E-state index in [-0.39, 0.29) is 10.5 Å². The van der Waals surface area contributed by atoms with Gasteiger partial charge in [-0.25, -0.2) is 17.9 Å². The fourth-order valence-corrected chi connectivity index (χ4v) is 5.28. The summed E-state index contributed by atoms with van der Waals surface area (Å²) in [6.07, 6.45) is 3.36. The van der Waals surface area contributed by atoms with Crippen LogP contribution in [0.15, 0.2) is 46.1 Å². The van der Waals surface area contributed by atoms with Gasteiger partial charge in [-0.3, -0.25) is 9.52 Å². The van der Waals surface area contributed by atoms with E-state index in [0.717, 1.165) is 30.4 Å². The van der Waals surface area contributed by atoms with Crippen molar-refractivity contribution in [3.8, 4) is 11.3 Å². The van der Waals surface area contributed by atoms with Crippen LogP contribution in [0.1, 0.15) is 35.1 Å². The lowest BCUT2D eigenvalue weighted by Gasteiger charge is -2.18. The van der Waals surface area contributed by atoms with E-state index in [1.807, 2.05) is 6.07 Å². The van der Waals surface area contributed by atoms with E-state index in [0.29, 0.717) is 34.5 Å². The number of nitrogens with zero attached hydrogens (tertiary/aromatic N) is 1. The zero-order valence-electron chi connectivity index (χ0n) is 16.8. The van der Waals surface area contributed by atoms with Crippen molar-refractivity contribution in [2.75, 3.05) is 4.72 Å². The molecular formula is C22H22FN3O3S. The van der Waals surface area contributed by atoms with Gasteiger partial charge in [0.2, 0.25) is 0 Å². The number of aryl methyl sites for hydroxylation is 2. The number of aromatic nitrogens is 2. The number of rotatable bonds is 4. The maximum absolute atomic E-state index is 13.4. The third-order valence-electron chi connectivity index (χ3n) is 5.48. The first kappa shape index (κ1) is 20.3. The van der Waals surface area contributed by atoms with Crippen LogP contribution >= 0.6 is 0 Å². The van der Waals surface area contributed by atoms with Gasteiger partial charge in [0.1, 0.15) is 5.82 Å². The molecule has 0 amide bonds. The molecule has 1 aliphatic carbocycles. The number of H-pyrrole nitrogens is 1. The number of nitrogens with one attached hydrogen (secondary N) is 2. The van der Waals surface area contributed by atoms with E-state index in [1.54, 1.807) is 26.0 Å². The highest BCUT2D eigenvalue weighted by atomic mass is 32.2. The molecule has 0 fully saturated rings. The van der Waals surface area contributed by atoms with Crippen molar-refractivity contribution in [1.82, 2.24) is 10.2 Å². The molecule has 0 saturated carbocycles. The fraction of sp³-hybridized carbons (Fsp3) is 0.273. The van der Waals surface area contributed by atoms with Gasteiger partial charge >= 0.3 is 0 Å². The Labute approximate surface area is 174 Å². The minimum absolute atomic E-state index is 0.112. The van der Waals surface area contributed by atoms with Crippen LogP contribution in [0.2, 0.25) is 0 Å². The van der Waals surface area contributed by atoms with E-state index in [2.05, 4.69) is 14.9 Å². The van der Waals surface area contributed by atoms with Crippen LogP contribution in [-0.2, 0) is 22.9 Å². The smallest absolute Gasteiger partial charge is 0.267 e. The highest BCUT2D eigenvalue weighted by Gasteiger charge is 2.22. The lowest BCUT2D eigenvalue weighted by molar-refractivity contribution is 0.600. The monoisotopic (exact) mass is 427 g/mol. The lowest BCUT2D eigenvalue weighted by Crippen LogP contribution is -2.21. The SMILES string of the molecule is Cc1cc(F)ccc1NS(=O)(=O)c1cc(-c2n[nH]c(=O)c3c2CCCC3)ccc1C. The summed E-state index contributed by atoms with van der Waals surface area (Å²) in [5.74, 6) is -0.428. The normalized spacial score (nSPS) is 13.7. The largest absolute Gasteiger partial charge is 0.279 e. The van der Waals surface area contributed by atoms with E-state index < -0.39 is 15.8 Å². The van der Waals surface area contributed by atoms with Crippen molar-refractivity contribution >= 4 is 15.7 Å². The zero-order valence-corrected chi connectivity index (χ0v) is 17.6. The summed E-state index contributed by atoms with van der Waals surface area (Å²) in [5, 5.41) is 6.77. The van der Waals surface area contributed by atoms with E-state index in [1.165, 1.54) is 18.2 Å². The minimum atomic E-state index is -3.91. The molecule has 8 heteroatoms. The Balaban J connectivity index is 1.78. The highest BCUT2D eigenvalue weighted by molar-refractivity contribution is 7.92. The van der Waals surface area contributed by atoms with Gasteiger partial charge in [-0.1, -0.05) is 12.1 Å². The predicted molar refractivity (Wildman–Crippen MR) is 114 cm³/mol. The number of hydrogen-bond acceptors (Lipinski definition) is 4. The van der Waals surface area contributed by atoms with E-state index in [4.69, 9.17) is 0 Å². The summed E-state index contributed by atoms with van der Waals surface area (Å²) in [6, 6.07) is 9.01. The Morgan fingerprint density at radius 3 is 2.47 bits per heavy atom. The van der Waals surface area contributed by atoms with Gasteiger partial charge in [-0.15, -0.1) is 0 Å². The summed E-state index contributed by atoms with van der Waals surface area (Å²) in [4.78, 5) is 12.2. The molecule has 0 atom stereocenters. The number of aromatic amines is 1. The number of fused-ring (bicyclic) bond motifs is 1. The first-order valence-electron chi connectivity index (χ1n) is 9.77. The van der Waals surface area contributed by atoms with Crippen molar-refractivity contribution in [2.24, 2.45) is 0 Å². The van der Waals surface area contributed by atoms with Gasteiger partial charge in [0.15, 0.2) is 0 Å². The second kappa shape index (κ2) is 7.68. The van der Waals surface area contributed by atoms with Crippen LogP contribution in [0, 0.1) is 19.7 Å². The third-order valence-corrected chi connectivity index (χ3v) is 6.99. The maximum Gasteiger partial charge on any atom is 0.267 e. The van der Waals surface area contributed by atoms with E-state index in [9.17, 15) is 17.6 Å². The summed E-state index contributed by atoms with van der Waals surface area (Å²) >= 11 is 0. The van der Waals surface area contributed by atoms with Gasteiger partial charge in [0.05, 0.1) is 16.3 Å². The number of halogens is 1. The quantitative estimate of drug-likeness (QED) is 0.661. The Hall–Kier alpha value is -3.00. The first-order valence-corrected chi connectivity index (χ1v) is 11.2. The van der Waals surface area contributed by atoms with Crippen molar-refractivity contribution in [3.05, 3.63) is 74.8 Å². The molecule has 0 bridgehead atoms. The topological polar surface area (TPSA) is 91.9 Å². The van der Waals surface area contributed by atoms with Gasteiger partial charge in [0.25, 0.3) is 15.6 Å². The Kier molecular flexibility index (Phi) is 5.19. The molecule has 0 spiro atoms. The second-order valence-corrected chi connectivity index (χ2v) is 9.26. The molecule has 3 aromatic rings. The highest BCUT2D eigenvalue weighted by Crippen LogP contribution is 2.31. The molecule has 4 rings (SSSR count). The number of hydrogen-bond donors (Lipinski definition) is 2. The van der Waals surface area contributed by atoms with Gasteiger partial charge in [0, 0.05) is 11.1 Å². The van der Waals surface area contributed by atoms with Crippen LogP contribution in [-0.4, -0.2) is 18.6 Å². The third kappa shape index (κ3) is 3.75. The Bertz CT molecular complexity index is 1300. The Morgan fingerprint density at radius 1 is 1.00 bits per heavy atom. The predicted octanol–water partition coefficient (Wildman–Crippen LogP) is 3.87. The molecular weight excluding hydrogens is 405 g/mol. The maximum atomic E-state index is 13.4. The number of anilines is 1.